The van der Waals surface area contributed by atoms with Gasteiger partial charge in [0.25, 0.3) is 0 Å². The van der Waals surface area contributed by atoms with Crippen LogP contribution in [0, 0.1) is 5.92 Å². The molecule has 34 heavy (non-hydrogen) atoms. The van der Waals surface area contributed by atoms with Crippen LogP contribution in [0.5, 0.6) is 5.88 Å². The molecule has 0 unspecified atom stereocenters. The topological polar surface area (TPSA) is 54.5 Å². The van der Waals surface area contributed by atoms with Crippen molar-refractivity contribution in [2.45, 2.75) is 76.2 Å². The molecule has 0 radical (unpaired) electrons. The summed E-state index contributed by atoms with van der Waals surface area (Å²) >= 11 is 0. The highest BCUT2D eigenvalue weighted by Gasteiger charge is 2.30. The molecule has 1 aliphatic carbocycles. The lowest BCUT2D eigenvalue weighted by Gasteiger charge is -2.30. The number of halogens is 6. The van der Waals surface area contributed by atoms with Gasteiger partial charge in [-0.3, -0.25) is 4.79 Å². The Hall–Kier alpha value is -2.04. The minimum Gasteiger partial charge on any atom is -0.468 e. The fourth-order valence-corrected chi connectivity index (χ4v) is 4.58. The summed E-state index contributed by atoms with van der Waals surface area (Å²) in [5, 5.41) is 2.73. The minimum atomic E-state index is -4.40. The van der Waals surface area contributed by atoms with Crippen LogP contribution in [0.3, 0.4) is 0 Å². The summed E-state index contributed by atoms with van der Waals surface area (Å²) in [6.45, 7) is 1.17. The minimum absolute atomic E-state index is 0.00761. The van der Waals surface area contributed by atoms with Gasteiger partial charge in [0.2, 0.25) is 11.8 Å². The Labute approximate surface area is 195 Å². The second-order valence-electron chi connectivity index (χ2n) is 9.19. The van der Waals surface area contributed by atoms with E-state index in [2.05, 4.69) is 15.2 Å². The fourth-order valence-electron chi connectivity index (χ4n) is 4.58. The third-order valence-corrected chi connectivity index (χ3v) is 6.49. The summed E-state index contributed by atoms with van der Waals surface area (Å²) in [5.41, 5.74) is 1.81. The molecule has 0 saturated heterocycles. The molecule has 1 aromatic rings. The molecular formula is C23H31F6N3O2. The predicted molar refractivity (Wildman–Crippen MR) is 113 cm³/mol. The van der Waals surface area contributed by atoms with E-state index in [9.17, 15) is 31.1 Å². The standard InChI is InChI=1S/C23H31F6N3O2/c24-22(25,26)11-7-20(33)30-18-4-1-16(2-5-18)8-12-32-13-9-17-3-6-21(31-19(17)10-14-32)34-15-23(27,28)29/h3,6,16,18H,1-2,4-5,7-15H2,(H,30,33). The van der Waals surface area contributed by atoms with Crippen LogP contribution in [0.4, 0.5) is 26.3 Å². The van der Waals surface area contributed by atoms with Gasteiger partial charge in [0, 0.05) is 43.7 Å². The zero-order valence-corrected chi connectivity index (χ0v) is 19.0. The number of alkyl halides is 6. The van der Waals surface area contributed by atoms with Crippen LogP contribution in [-0.4, -0.2) is 60.4 Å². The first-order chi connectivity index (χ1) is 16.0. The summed E-state index contributed by atoms with van der Waals surface area (Å²) in [6, 6.07) is 3.23. The van der Waals surface area contributed by atoms with Crippen molar-refractivity contribution < 1.29 is 35.9 Å². The highest BCUT2D eigenvalue weighted by molar-refractivity contribution is 5.76. The average molecular weight is 496 g/mol. The fraction of sp³-hybridized carbons (Fsp3) is 0.739. The van der Waals surface area contributed by atoms with Gasteiger partial charge in [0.15, 0.2) is 6.61 Å². The van der Waals surface area contributed by atoms with Gasteiger partial charge in [-0.2, -0.15) is 26.3 Å². The molecule has 5 nitrogen and oxygen atoms in total. The molecule has 1 saturated carbocycles. The molecule has 2 heterocycles. The third kappa shape index (κ3) is 9.31. The lowest BCUT2D eigenvalue weighted by molar-refractivity contribution is -0.154. The Kier molecular flexibility index (Phi) is 9.06. The number of amides is 1. The van der Waals surface area contributed by atoms with Crippen molar-refractivity contribution >= 4 is 5.91 Å². The number of rotatable bonds is 8. The summed E-state index contributed by atoms with van der Waals surface area (Å²) in [4.78, 5) is 18.3. The molecule has 1 fully saturated rings. The number of ether oxygens (including phenoxy) is 1. The van der Waals surface area contributed by atoms with E-state index in [0.29, 0.717) is 12.3 Å². The van der Waals surface area contributed by atoms with E-state index in [4.69, 9.17) is 4.74 Å². The van der Waals surface area contributed by atoms with Crippen molar-refractivity contribution in [1.29, 1.82) is 0 Å². The van der Waals surface area contributed by atoms with Crippen LogP contribution in [-0.2, 0) is 17.6 Å². The van der Waals surface area contributed by atoms with Crippen LogP contribution in [0.15, 0.2) is 12.1 Å². The molecule has 0 aromatic carbocycles. The van der Waals surface area contributed by atoms with Crippen LogP contribution in [0.25, 0.3) is 0 Å². The molecular weight excluding hydrogens is 464 g/mol. The first-order valence-corrected chi connectivity index (χ1v) is 11.7. The molecule has 0 bridgehead atoms. The molecule has 11 heteroatoms. The van der Waals surface area contributed by atoms with Gasteiger partial charge in [-0.25, -0.2) is 4.98 Å². The van der Waals surface area contributed by atoms with E-state index in [0.717, 1.165) is 69.4 Å². The normalized spacial score (nSPS) is 22.1. The molecule has 3 rings (SSSR count). The highest BCUT2D eigenvalue weighted by atomic mass is 19.4. The van der Waals surface area contributed by atoms with E-state index in [1.54, 1.807) is 6.07 Å². The van der Waals surface area contributed by atoms with Crippen molar-refractivity contribution in [1.82, 2.24) is 15.2 Å². The number of aromatic nitrogens is 1. The molecule has 1 aromatic heterocycles. The monoisotopic (exact) mass is 495 g/mol. The SMILES string of the molecule is O=C(CCC(F)(F)F)NC1CCC(CCN2CCc3ccc(OCC(F)(F)F)nc3CC2)CC1. The first-order valence-electron chi connectivity index (χ1n) is 11.7. The van der Waals surface area contributed by atoms with Crippen LogP contribution in [0.1, 0.15) is 56.2 Å². The van der Waals surface area contributed by atoms with Gasteiger partial charge in [-0.15, -0.1) is 0 Å². The average Bonchev–Trinajstić information content (AvgIpc) is 2.97. The Bertz CT molecular complexity index is 807. The number of nitrogens with zero attached hydrogens (tertiary/aromatic N) is 2. The number of fused-ring (bicyclic) bond motifs is 1. The van der Waals surface area contributed by atoms with Gasteiger partial charge in [0.05, 0.1) is 6.42 Å². The summed E-state index contributed by atoms with van der Waals surface area (Å²) < 4.78 is 78.6. The number of carbonyl (C=O) groups excluding carboxylic acids is 1. The van der Waals surface area contributed by atoms with Crippen molar-refractivity contribution in [3.63, 3.8) is 0 Å². The van der Waals surface area contributed by atoms with Crippen LogP contribution >= 0.6 is 0 Å². The zero-order chi connectivity index (χ0) is 24.8. The smallest absolute Gasteiger partial charge is 0.422 e. The van der Waals surface area contributed by atoms with E-state index >= 15 is 0 Å². The maximum absolute atomic E-state index is 12.4. The Morgan fingerprint density at radius 1 is 1.03 bits per heavy atom. The third-order valence-electron chi connectivity index (χ3n) is 6.49. The van der Waals surface area contributed by atoms with Crippen LogP contribution in [0.2, 0.25) is 0 Å². The van der Waals surface area contributed by atoms with Gasteiger partial charge < -0.3 is 15.0 Å². The molecule has 1 N–H and O–H groups in total. The lowest BCUT2D eigenvalue weighted by atomic mass is 9.84. The van der Waals surface area contributed by atoms with E-state index in [1.807, 2.05) is 0 Å². The predicted octanol–water partition coefficient (Wildman–Crippen LogP) is 4.83. The lowest BCUT2D eigenvalue weighted by Crippen LogP contribution is -2.38. The van der Waals surface area contributed by atoms with Crippen molar-refractivity contribution in [3.05, 3.63) is 23.4 Å². The molecule has 0 spiro atoms. The van der Waals surface area contributed by atoms with Crippen LogP contribution < -0.4 is 10.1 Å². The van der Waals surface area contributed by atoms with Crippen molar-refractivity contribution in [2.75, 3.05) is 26.2 Å². The Morgan fingerprint density at radius 3 is 2.41 bits per heavy atom. The van der Waals surface area contributed by atoms with Gasteiger partial charge >= 0.3 is 12.4 Å². The number of hydrogen-bond acceptors (Lipinski definition) is 4. The quantitative estimate of drug-likeness (QED) is 0.525. The zero-order valence-electron chi connectivity index (χ0n) is 19.0. The maximum Gasteiger partial charge on any atom is 0.422 e. The first kappa shape index (κ1) is 26.6. The van der Waals surface area contributed by atoms with Gasteiger partial charge in [-0.05, 0) is 56.6 Å². The summed E-state index contributed by atoms with van der Waals surface area (Å²) in [7, 11) is 0. The van der Waals surface area contributed by atoms with E-state index in [-0.39, 0.29) is 11.9 Å². The maximum atomic E-state index is 12.4. The van der Waals surface area contributed by atoms with Crippen molar-refractivity contribution in [2.24, 2.45) is 5.92 Å². The largest absolute Gasteiger partial charge is 0.468 e. The number of hydrogen-bond donors (Lipinski definition) is 1. The molecule has 0 atom stereocenters. The Balaban J connectivity index is 1.36. The summed E-state index contributed by atoms with van der Waals surface area (Å²) in [6.07, 6.45) is -4.49. The summed E-state index contributed by atoms with van der Waals surface area (Å²) in [5.74, 6) is -0.0354. The molecule has 192 valence electrons. The van der Waals surface area contributed by atoms with Crippen molar-refractivity contribution in [3.8, 4) is 5.88 Å². The number of carbonyl (C=O) groups is 1. The van der Waals surface area contributed by atoms with E-state index in [1.165, 1.54) is 6.07 Å². The number of pyridine rings is 1. The van der Waals surface area contributed by atoms with E-state index < -0.39 is 37.7 Å². The second kappa shape index (κ2) is 11.6. The van der Waals surface area contributed by atoms with Gasteiger partial charge in [0.1, 0.15) is 0 Å². The highest BCUT2D eigenvalue weighted by Crippen LogP contribution is 2.28. The molecule has 1 aliphatic heterocycles. The molecule has 2 aliphatic rings. The second-order valence-corrected chi connectivity index (χ2v) is 9.19. The Morgan fingerprint density at radius 2 is 1.74 bits per heavy atom. The van der Waals surface area contributed by atoms with Gasteiger partial charge in [-0.1, -0.05) is 6.07 Å². The molecule has 1 amide bonds. The number of nitrogens with one attached hydrogen (secondary N) is 1.